The lowest BCUT2D eigenvalue weighted by atomic mass is 10.0. The van der Waals surface area contributed by atoms with Crippen LogP contribution >= 0.6 is 0 Å². The fourth-order valence-electron chi connectivity index (χ4n) is 4.56. The van der Waals surface area contributed by atoms with Gasteiger partial charge in [0.05, 0.1) is 13.0 Å². The lowest BCUT2D eigenvalue weighted by Crippen LogP contribution is -2.50. The van der Waals surface area contributed by atoms with E-state index in [1.165, 1.54) is 0 Å². The van der Waals surface area contributed by atoms with Crippen molar-refractivity contribution in [3.63, 3.8) is 0 Å². The van der Waals surface area contributed by atoms with Gasteiger partial charge in [0.2, 0.25) is 11.8 Å². The number of piperazine rings is 1. The number of nitrogens with zero attached hydrogens (tertiary/aromatic N) is 2. The number of benzene rings is 3. The second-order valence-corrected chi connectivity index (χ2v) is 8.65. The van der Waals surface area contributed by atoms with Gasteiger partial charge in [-0.15, -0.1) is 0 Å². The van der Waals surface area contributed by atoms with E-state index < -0.39 is 0 Å². The topological polar surface area (TPSA) is 68.4 Å². The quantitative estimate of drug-likeness (QED) is 0.462. The van der Waals surface area contributed by atoms with Crippen LogP contribution in [0.2, 0.25) is 0 Å². The number of para-hydroxylation sites is 2. The standard InChI is InChI=1S/C28H28N4O2/c33-27(30-26-13-7-5-10-23(26)21-8-2-1-3-9-21)20-31-14-16-32(17-15-31)28(34)18-22-19-29-25-12-6-4-11-24(22)25/h1-13,19,29H,14-18,20H2,(H,30,33). The van der Waals surface area contributed by atoms with Gasteiger partial charge in [0.15, 0.2) is 0 Å². The molecule has 0 aliphatic carbocycles. The molecule has 0 bridgehead atoms. The first kappa shape index (κ1) is 21.9. The summed E-state index contributed by atoms with van der Waals surface area (Å²) in [7, 11) is 0. The van der Waals surface area contributed by atoms with Crippen LogP contribution in [0.1, 0.15) is 5.56 Å². The molecule has 6 heteroatoms. The number of nitrogens with one attached hydrogen (secondary N) is 2. The summed E-state index contributed by atoms with van der Waals surface area (Å²) in [5.74, 6) is 0.0904. The minimum Gasteiger partial charge on any atom is -0.361 e. The number of hydrogen-bond acceptors (Lipinski definition) is 3. The number of aromatic amines is 1. The monoisotopic (exact) mass is 452 g/mol. The molecule has 1 aromatic heterocycles. The number of fused-ring (bicyclic) bond motifs is 1. The van der Waals surface area contributed by atoms with Gasteiger partial charge in [0.25, 0.3) is 0 Å². The Labute approximate surface area is 199 Å². The van der Waals surface area contributed by atoms with Crippen LogP contribution in [0.25, 0.3) is 22.0 Å². The maximum Gasteiger partial charge on any atom is 0.238 e. The van der Waals surface area contributed by atoms with E-state index in [0.29, 0.717) is 39.1 Å². The van der Waals surface area contributed by atoms with Crippen LogP contribution in [0.5, 0.6) is 0 Å². The van der Waals surface area contributed by atoms with E-state index in [2.05, 4.69) is 15.2 Å². The van der Waals surface area contributed by atoms with E-state index in [1.807, 2.05) is 90.0 Å². The highest BCUT2D eigenvalue weighted by atomic mass is 16.2. The third kappa shape index (κ3) is 4.87. The summed E-state index contributed by atoms with van der Waals surface area (Å²) < 4.78 is 0. The third-order valence-electron chi connectivity index (χ3n) is 6.39. The highest BCUT2D eigenvalue weighted by Gasteiger charge is 2.23. The van der Waals surface area contributed by atoms with Crippen molar-refractivity contribution in [2.45, 2.75) is 6.42 Å². The first-order chi connectivity index (χ1) is 16.7. The van der Waals surface area contributed by atoms with Crippen molar-refractivity contribution in [3.05, 3.63) is 90.6 Å². The Morgan fingerprint density at radius 3 is 2.35 bits per heavy atom. The van der Waals surface area contributed by atoms with Crippen molar-refractivity contribution in [1.82, 2.24) is 14.8 Å². The first-order valence-electron chi connectivity index (χ1n) is 11.7. The fourth-order valence-corrected chi connectivity index (χ4v) is 4.56. The number of anilines is 1. The molecule has 0 atom stereocenters. The van der Waals surface area contributed by atoms with Gasteiger partial charge in [0.1, 0.15) is 0 Å². The Balaban J connectivity index is 1.14. The lowest BCUT2D eigenvalue weighted by Gasteiger charge is -2.34. The van der Waals surface area contributed by atoms with Crippen LogP contribution in [-0.2, 0) is 16.0 Å². The Bertz CT molecular complexity index is 1290. The van der Waals surface area contributed by atoms with Crippen molar-refractivity contribution in [2.24, 2.45) is 0 Å². The van der Waals surface area contributed by atoms with Gasteiger partial charge < -0.3 is 15.2 Å². The normalized spacial score (nSPS) is 14.3. The molecule has 3 aromatic carbocycles. The van der Waals surface area contributed by atoms with E-state index >= 15 is 0 Å². The summed E-state index contributed by atoms with van der Waals surface area (Å²) >= 11 is 0. The zero-order chi connectivity index (χ0) is 23.3. The zero-order valence-electron chi connectivity index (χ0n) is 19.0. The number of H-pyrrole nitrogens is 1. The summed E-state index contributed by atoms with van der Waals surface area (Å²) in [4.78, 5) is 32.9. The fraction of sp³-hybridized carbons (Fsp3) is 0.214. The largest absolute Gasteiger partial charge is 0.361 e. The lowest BCUT2D eigenvalue weighted by molar-refractivity contribution is -0.132. The molecule has 1 aliphatic rings. The van der Waals surface area contributed by atoms with E-state index in [1.54, 1.807) is 0 Å². The van der Waals surface area contributed by atoms with E-state index in [9.17, 15) is 9.59 Å². The van der Waals surface area contributed by atoms with Crippen LogP contribution in [0.15, 0.2) is 85.1 Å². The van der Waals surface area contributed by atoms with Crippen molar-refractivity contribution in [3.8, 4) is 11.1 Å². The molecule has 5 rings (SSSR count). The molecule has 4 aromatic rings. The maximum absolute atomic E-state index is 12.9. The van der Waals surface area contributed by atoms with E-state index in [-0.39, 0.29) is 11.8 Å². The van der Waals surface area contributed by atoms with Crippen LogP contribution in [0, 0.1) is 0 Å². The van der Waals surface area contributed by atoms with Crippen LogP contribution in [-0.4, -0.2) is 59.3 Å². The highest BCUT2D eigenvalue weighted by molar-refractivity contribution is 5.96. The molecule has 172 valence electrons. The average molecular weight is 453 g/mol. The van der Waals surface area contributed by atoms with Gasteiger partial charge in [-0.2, -0.15) is 0 Å². The van der Waals surface area contributed by atoms with Crippen LogP contribution in [0.4, 0.5) is 5.69 Å². The summed E-state index contributed by atoms with van der Waals surface area (Å²) in [6, 6.07) is 25.9. The molecule has 2 amide bonds. The van der Waals surface area contributed by atoms with Gasteiger partial charge >= 0.3 is 0 Å². The SMILES string of the molecule is O=C(CN1CCN(C(=O)Cc2c[nH]c3ccccc23)CC1)Nc1ccccc1-c1ccccc1. The molecule has 1 fully saturated rings. The number of carbonyl (C=O) groups is 2. The molecule has 0 spiro atoms. The summed E-state index contributed by atoms with van der Waals surface area (Å²) in [6.07, 6.45) is 2.32. The number of aromatic nitrogens is 1. The van der Waals surface area contributed by atoms with Crippen LogP contribution in [0.3, 0.4) is 0 Å². The van der Waals surface area contributed by atoms with Crippen molar-refractivity contribution < 1.29 is 9.59 Å². The Hall–Kier alpha value is -3.90. The summed E-state index contributed by atoms with van der Waals surface area (Å²) in [5, 5.41) is 4.17. The number of amides is 2. The molecule has 0 unspecified atom stereocenters. The molecule has 0 saturated carbocycles. The Morgan fingerprint density at radius 1 is 0.824 bits per heavy atom. The summed E-state index contributed by atoms with van der Waals surface area (Å²) in [5.41, 5.74) is 4.96. The van der Waals surface area contributed by atoms with Gasteiger partial charge in [-0.25, -0.2) is 0 Å². The number of carbonyl (C=O) groups excluding carboxylic acids is 2. The van der Waals surface area contributed by atoms with Crippen LogP contribution < -0.4 is 5.32 Å². The number of rotatable bonds is 6. The molecule has 2 heterocycles. The third-order valence-corrected chi connectivity index (χ3v) is 6.39. The van der Waals surface area contributed by atoms with Gasteiger partial charge in [0, 0.05) is 54.5 Å². The Kier molecular flexibility index (Phi) is 6.40. The molecule has 2 N–H and O–H groups in total. The molecule has 34 heavy (non-hydrogen) atoms. The predicted octanol–water partition coefficient (Wildman–Crippen LogP) is 4.16. The van der Waals surface area contributed by atoms with Gasteiger partial charge in [-0.05, 0) is 23.3 Å². The molecule has 0 radical (unpaired) electrons. The Morgan fingerprint density at radius 2 is 1.53 bits per heavy atom. The highest BCUT2D eigenvalue weighted by Crippen LogP contribution is 2.27. The van der Waals surface area contributed by atoms with Crippen molar-refractivity contribution in [1.29, 1.82) is 0 Å². The second-order valence-electron chi connectivity index (χ2n) is 8.65. The van der Waals surface area contributed by atoms with E-state index in [4.69, 9.17) is 0 Å². The average Bonchev–Trinajstić information content (AvgIpc) is 3.28. The predicted molar refractivity (Wildman–Crippen MR) is 136 cm³/mol. The van der Waals surface area contributed by atoms with Gasteiger partial charge in [-0.1, -0.05) is 66.7 Å². The second kappa shape index (κ2) is 9.93. The van der Waals surface area contributed by atoms with E-state index in [0.717, 1.165) is 33.3 Å². The first-order valence-corrected chi connectivity index (χ1v) is 11.7. The maximum atomic E-state index is 12.9. The van der Waals surface area contributed by atoms with Crippen molar-refractivity contribution in [2.75, 3.05) is 38.0 Å². The molecular weight excluding hydrogens is 424 g/mol. The smallest absolute Gasteiger partial charge is 0.238 e. The molecule has 1 aliphatic heterocycles. The molecule has 6 nitrogen and oxygen atoms in total. The minimum absolute atomic E-state index is 0.0399. The molecule has 1 saturated heterocycles. The van der Waals surface area contributed by atoms with Crippen molar-refractivity contribution >= 4 is 28.4 Å². The minimum atomic E-state index is -0.0399. The molecular formula is C28H28N4O2. The number of hydrogen-bond donors (Lipinski definition) is 2. The zero-order valence-corrected chi connectivity index (χ0v) is 19.0. The van der Waals surface area contributed by atoms with Gasteiger partial charge in [-0.3, -0.25) is 14.5 Å². The summed E-state index contributed by atoms with van der Waals surface area (Å²) in [6.45, 7) is 2.96.